The molecule has 198 valence electrons. The van der Waals surface area contributed by atoms with Crippen molar-refractivity contribution in [2.45, 2.75) is 37.5 Å². The van der Waals surface area contributed by atoms with E-state index in [1.54, 1.807) is 29.2 Å². The van der Waals surface area contributed by atoms with Gasteiger partial charge in [0.05, 0.1) is 37.3 Å². The Morgan fingerprint density at radius 1 is 1.32 bits per heavy atom. The van der Waals surface area contributed by atoms with Crippen LogP contribution in [0, 0.1) is 17.1 Å². The first-order chi connectivity index (χ1) is 18.2. The van der Waals surface area contributed by atoms with E-state index in [2.05, 4.69) is 9.84 Å². The number of amides is 1. The number of nitrogens with zero attached hydrogens (tertiary/aromatic N) is 4. The number of aromatic nitrogens is 2. The van der Waals surface area contributed by atoms with E-state index in [1.165, 1.54) is 30.1 Å². The fourth-order valence-electron chi connectivity index (χ4n) is 4.81. The summed E-state index contributed by atoms with van der Waals surface area (Å²) in [6.45, 7) is 0.165. The van der Waals surface area contributed by atoms with Crippen molar-refractivity contribution >= 4 is 11.9 Å². The van der Waals surface area contributed by atoms with Crippen LogP contribution in [0.1, 0.15) is 34.5 Å². The van der Waals surface area contributed by atoms with Crippen molar-refractivity contribution in [1.29, 1.82) is 5.26 Å². The maximum absolute atomic E-state index is 15.9. The first-order valence-electron chi connectivity index (χ1n) is 11.9. The molecule has 11 heteroatoms. The first kappa shape index (κ1) is 26.8. The van der Waals surface area contributed by atoms with Crippen LogP contribution in [-0.4, -0.2) is 58.0 Å². The third kappa shape index (κ3) is 5.21. The molecular formula is C27H27F2N5O4. The van der Waals surface area contributed by atoms with Crippen LogP contribution in [0.5, 0.6) is 5.75 Å². The van der Waals surface area contributed by atoms with Crippen molar-refractivity contribution < 1.29 is 28.2 Å². The molecule has 1 saturated heterocycles. The number of hydrogen-bond acceptors (Lipinski definition) is 7. The molecule has 1 fully saturated rings. The number of primary amides is 1. The molecule has 0 radical (unpaired) electrons. The van der Waals surface area contributed by atoms with E-state index >= 15 is 4.39 Å². The number of likely N-dealkylation sites (tertiary alicyclic amines) is 1. The molecule has 1 amide bonds. The summed E-state index contributed by atoms with van der Waals surface area (Å²) in [7, 11) is 1.19. The minimum atomic E-state index is -1.62. The number of benzene rings is 2. The summed E-state index contributed by atoms with van der Waals surface area (Å²) in [6, 6.07) is 13.5. The monoisotopic (exact) mass is 523 g/mol. The fourth-order valence-corrected chi connectivity index (χ4v) is 4.81. The number of phenols is 1. The summed E-state index contributed by atoms with van der Waals surface area (Å²) in [4.78, 5) is 25.4. The largest absolute Gasteiger partial charge is 0.507 e. The molecule has 9 nitrogen and oxygen atoms in total. The van der Waals surface area contributed by atoms with Crippen molar-refractivity contribution in [1.82, 2.24) is 14.7 Å². The summed E-state index contributed by atoms with van der Waals surface area (Å²) in [5.41, 5.74) is 5.23. The third-order valence-corrected chi connectivity index (χ3v) is 6.94. The molecule has 2 unspecified atom stereocenters. The highest BCUT2D eigenvalue weighted by atomic mass is 19.1. The van der Waals surface area contributed by atoms with Gasteiger partial charge in [-0.25, -0.2) is 8.78 Å². The number of halogens is 2. The SMILES string of the molecule is COC(=O)Cc1nn(C2(CC#N)CCN(Cc3cc(O)c(-c4ccccc4)cc3F)CC2F)cc1C(N)=O. The van der Waals surface area contributed by atoms with Gasteiger partial charge in [-0.15, -0.1) is 0 Å². The number of carbonyl (C=O) groups excluding carboxylic acids is 2. The molecule has 1 aliphatic heterocycles. The smallest absolute Gasteiger partial charge is 0.311 e. The summed E-state index contributed by atoms with van der Waals surface area (Å²) in [5.74, 6) is -2.11. The Bertz CT molecular complexity index is 1390. The molecule has 0 spiro atoms. The van der Waals surface area contributed by atoms with E-state index in [0.717, 1.165) is 0 Å². The molecule has 1 aliphatic rings. The van der Waals surface area contributed by atoms with Gasteiger partial charge in [0.1, 0.15) is 23.3 Å². The van der Waals surface area contributed by atoms with Gasteiger partial charge in [0.25, 0.3) is 5.91 Å². The highest BCUT2D eigenvalue weighted by Gasteiger charge is 2.46. The van der Waals surface area contributed by atoms with Crippen LogP contribution in [-0.2, 0) is 28.0 Å². The minimum Gasteiger partial charge on any atom is -0.507 e. The van der Waals surface area contributed by atoms with Crippen LogP contribution >= 0.6 is 0 Å². The maximum atomic E-state index is 15.9. The van der Waals surface area contributed by atoms with Crippen LogP contribution < -0.4 is 5.73 Å². The van der Waals surface area contributed by atoms with Crippen molar-refractivity contribution in [3.8, 4) is 22.9 Å². The van der Waals surface area contributed by atoms with Crippen LogP contribution in [0.25, 0.3) is 11.1 Å². The highest BCUT2D eigenvalue weighted by molar-refractivity contribution is 5.94. The molecule has 38 heavy (non-hydrogen) atoms. The summed E-state index contributed by atoms with van der Waals surface area (Å²) in [6.07, 6.45) is -0.826. The number of aromatic hydroxyl groups is 1. The molecule has 3 N–H and O–H groups in total. The Labute approximate surface area is 218 Å². The van der Waals surface area contributed by atoms with E-state index in [0.29, 0.717) is 11.1 Å². The zero-order chi connectivity index (χ0) is 27.4. The van der Waals surface area contributed by atoms with Gasteiger partial charge >= 0.3 is 5.97 Å². The van der Waals surface area contributed by atoms with Crippen molar-refractivity contribution in [3.05, 3.63) is 71.3 Å². The van der Waals surface area contributed by atoms with Crippen LogP contribution in [0.2, 0.25) is 0 Å². The van der Waals surface area contributed by atoms with Gasteiger partial charge in [-0.2, -0.15) is 10.4 Å². The molecule has 1 aromatic heterocycles. The fraction of sp³-hybridized carbons (Fsp3) is 0.333. The van der Waals surface area contributed by atoms with E-state index in [9.17, 15) is 24.3 Å². The van der Waals surface area contributed by atoms with Gasteiger partial charge in [0.2, 0.25) is 0 Å². The molecule has 0 aliphatic carbocycles. The van der Waals surface area contributed by atoms with Gasteiger partial charge in [0.15, 0.2) is 0 Å². The number of esters is 1. The molecular weight excluding hydrogens is 496 g/mol. The lowest BCUT2D eigenvalue weighted by molar-refractivity contribution is -0.139. The average molecular weight is 524 g/mol. The number of hydrogen-bond donors (Lipinski definition) is 2. The lowest BCUT2D eigenvalue weighted by atomic mass is 9.83. The molecule has 2 heterocycles. The average Bonchev–Trinajstić information content (AvgIpc) is 3.32. The summed E-state index contributed by atoms with van der Waals surface area (Å²) < 4.78 is 36.7. The Morgan fingerprint density at radius 3 is 2.68 bits per heavy atom. The number of phenolic OH excluding ortho intramolecular Hbond substituents is 1. The quantitative estimate of drug-likeness (QED) is 0.433. The molecule has 3 aromatic rings. The summed E-state index contributed by atoms with van der Waals surface area (Å²) in [5, 5.41) is 24.3. The number of carbonyl (C=O) groups is 2. The predicted octanol–water partition coefficient (Wildman–Crippen LogP) is 3.06. The predicted molar refractivity (Wildman–Crippen MR) is 133 cm³/mol. The number of nitrogens with two attached hydrogens (primary N) is 1. The van der Waals surface area contributed by atoms with E-state index in [1.807, 2.05) is 12.1 Å². The summed E-state index contributed by atoms with van der Waals surface area (Å²) >= 11 is 0. The standard InChI is InChI=1S/C27H27F2N5O4/c1-38-25(36)13-22-20(26(31)37)15-34(32-22)27(7-9-30)8-10-33(16-24(27)29)14-18-11-23(35)19(12-21(18)28)17-5-3-2-4-6-17/h2-6,11-12,15,24,35H,7-8,10,13-14,16H2,1H3,(H2,31,37). The molecule has 2 aromatic carbocycles. The second kappa shape index (κ2) is 11.0. The zero-order valence-electron chi connectivity index (χ0n) is 20.7. The maximum Gasteiger partial charge on any atom is 0.311 e. The van der Waals surface area contributed by atoms with Gasteiger partial charge in [0, 0.05) is 37.0 Å². The Morgan fingerprint density at radius 2 is 2.05 bits per heavy atom. The number of piperidine rings is 1. The molecule has 4 rings (SSSR count). The Balaban J connectivity index is 1.57. The molecule has 0 saturated carbocycles. The highest BCUT2D eigenvalue weighted by Crippen LogP contribution is 2.38. The molecule has 0 bridgehead atoms. The van der Waals surface area contributed by atoms with Crippen LogP contribution in [0.4, 0.5) is 8.78 Å². The van der Waals surface area contributed by atoms with Crippen molar-refractivity contribution in [2.24, 2.45) is 5.73 Å². The van der Waals surface area contributed by atoms with Crippen molar-refractivity contribution in [2.75, 3.05) is 20.2 Å². The lowest BCUT2D eigenvalue weighted by Gasteiger charge is -2.43. The first-order valence-corrected chi connectivity index (χ1v) is 11.9. The zero-order valence-corrected chi connectivity index (χ0v) is 20.7. The van der Waals surface area contributed by atoms with Gasteiger partial charge in [-0.3, -0.25) is 19.2 Å². The van der Waals surface area contributed by atoms with E-state index in [-0.39, 0.29) is 61.5 Å². The van der Waals surface area contributed by atoms with Gasteiger partial charge in [-0.1, -0.05) is 30.3 Å². The number of nitriles is 1. The topological polar surface area (TPSA) is 134 Å². The number of alkyl halides is 1. The second-order valence-electron chi connectivity index (χ2n) is 9.27. The number of rotatable bonds is 8. The normalized spacial score (nSPS) is 19.6. The van der Waals surface area contributed by atoms with E-state index < -0.39 is 29.4 Å². The van der Waals surface area contributed by atoms with E-state index in [4.69, 9.17) is 5.73 Å². The molecule has 2 atom stereocenters. The Hall–Kier alpha value is -4.30. The number of methoxy groups -OCH3 is 1. The van der Waals surface area contributed by atoms with Crippen LogP contribution in [0.15, 0.2) is 48.7 Å². The third-order valence-electron chi connectivity index (χ3n) is 6.94. The number of ether oxygens (including phenoxy) is 1. The van der Waals surface area contributed by atoms with Crippen molar-refractivity contribution in [3.63, 3.8) is 0 Å². The van der Waals surface area contributed by atoms with Gasteiger partial charge in [-0.05, 0) is 24.1 Å². The minimum absolute atomic E-state index is 0.0346. The lowest BCUT2D eigenvalue weighted by Crippen LogP contribution is -2.54. The van der Waals surface area contributed by atoms with Crippen LogP contribution in [0.3, 0.4) is 0 Å². The Kier molecular flexibility index (Phi) is 7.73. The second-order valence-corrected chi connectivity index (χ2v) is 9.27. The van der Waals surface area contributed by atoms with Gasteiger partial charge < -0.3 is 15.6 Å².